The fourth-order valence-corrected chi connectivity index (χ4v) is 10.3. The zero-order valence-corrected chi connectivity index (χ0v) is 41.2. The molecule has 1 saturated heterocycles. The van der Waals surface area contributed by atoms with Gasteiger partial charge in [-0.1, -0.05) is 64.7 Å². The number of likely N-dealkylation sites (tertiary alicyclic amines) is 1. The summed E-state index contributed by atoms with van der Waals surface area (Å²) in [6, 6.07) is 12.8. The molecule has 2 aromatic heterocycles. The van der Waals surface area contributed by atoms with E-state index in [0.717, 1.165) is 43.7 Å². The van der Waals surface area contributed by atoms with Crippen LogP contribution in [-0.2, 0) is 33.9 Å². The highest BCUT2D eigenvalue weighted by molar-refractivity contribution is 7.90. The minimum absolute atomic E-state index is 0.0841. The van der Waals surface area contributed by atoms with Crippen molar-refractivity contribution in [1.82, 2.24) is 24.9 Å². The van der Waals surface area contributed by atoms with Gasteiger partial charge in [0.15, 0.2) is 5.13 Å². The number of nitrogens with one attached hydrogen (secondary N) is 4. The molecule has 4 N–H and O–H groups in total. The Bertz CT molecular complexity index is 2540. The molecule has 18 heteroatoms. The molecule has 0 bridgehead atoms. The number of anilines is 2. The van der Waals surface area contributed by atoms with Crippen molar-refractivity contribution in [2.24, 2.45) is 11.3 Å². The van der Waals surface area contributed by atoms with Gasteiger partial charge in [-0.25, -0.2) is 23.1 Å². The average molecular weight is 960 g/mol. The topological polar surface area (TPSA) is 207 Å². The summed E-state index contributed by atoms with van der Waals surface area (Å²) in [7, 11) is -1.45. The number of thiazole rings is 1. The first kappa shape index (κ1) is 50.7. The number of rotatable bonds is 23. The number of carbonyl (C=O) groups is 4. The number of ether oxygens (including phenoxy) is 3. The van der Waals surface area contributed by atoms with Gasteiger partial charge >= 0.3 is 5.97 Å². The molecule has 4 atom stereocenters. The fourth-order valence-electron chi connectivity index (χ4n) is 8.26. The van der Waals surface area contributed by atoms with Crippen LogP contribution < -0.4 is 30.1 Å². The second kappa shape index (κ2) is 21.9. The summed E-state index contributed by atoms with van der Waals surface area (Å²) in [6.45, 7) is 14.3. The number of methoxy groups -OCH3 is 2. The van der Waals surface area contributed by atoms with Crippen LogP contribution in [0.25, 0.3) is 22.3 Å². The van der Waals surface area contributed by atoms with E-state index in [-0.39, 0.29) is 48.6 Å². The van der Waals surface area contributed by atoms with Gasteiger partial charge in [0.25, 0.3) is 15.9 Å². The first-order chi connectivity index (χ1) is 31.9. The Balaban J connectivity index is 1.17. The highest BCUT2D eigenvalue weighted by Gasteiger charge is 2.61. The molecule has 4 aromatic rings. The number of nitrogens with zero attached hydrogens (tertiary/aromatic N) is 3. The van der Waals surface area contributed by atoms with Gasteiger partial charge in [0.1, 0.15) is 39.8 Å². The summed E-state index contributed by atoms with van der Waals surface area (Å²) < 4.78 is 47.0. The van der Waals surface area contributed by atoms with Crippen molar-refractivity contribution in [2.75, 3.05) is 37.9 Å². The Morgan fingerprint density at radius 1 is 0.985 bits per heavy atom. The van der Waals surface area contributed by atoms with E-state index in [1.807, 2.05) is 64.3 Å². The third-order valence-electron chi connectivity index (χ3n) is 11.8. The number of hydrogen-bond donors (Lipinski definition) is 4. The molecule has 3 heterocycles. The van der Waals surface area contributed by atoms with E-state index in [9.17, 15) is 27.6 Å². The highest BCUT2D eigenvalue weighted by Crippen LogP contribution is 2.45. The Morgan fingerprint density at radius 2 is 1.72 bits per heavy atom. The van der Waals surface area contributed by atoms with Crippen LogP contribution in [0.1, 0.15) is 98.8 Å². The molecule has 2 aliphatic rings. The number of fused-ring (bicyclic) bond motifs is 1. The molecule has 2 fully saturated rings. The van der Waals surface area contributed by atoms with E-state index < -0.39 is 50.9 Å². The van der Waals surface area contributed by atoms with Crippen LogP contribution in [0.4, 0.5) is 10.8 Å². The lowest BCUT2D eigenvalue weighted by atomic mass is 9.91. The van der Waals surface area contributed by atoms with Crippen LogP contribution in [0, 0.1) is 11.3 Å². The summed E-state index contributed by atoms with van der Waals surface area (Å²) in [5, 5.41) is 12.8. The normalized spacial score (nSPS) is 19.2. The lowest BCUT2D eigenvalue weighted by Gasteiger charge is -2.28. The summed E-state index contributed by atoms with van der Waals surface area (Å²) >= 11 is 1.46. The van der Waals surface area contributed by atoms with Gasteiger partial charge in [-0.05, 0) is 62.8 Å². The van der Waals surface area contributed by atoms with Crippen LogP contribution >= 0.6 is 11.3 Å². The van der Waals surface area contributed by atoms with E-state index in [2.05, 4.69) is 32.0 Å². The molecular formula is C49H65N7O9S2. The first-order valence-corrected chi connectivity index (χ1v) is 25.3. The number of benzene rings is 2. The van der Waals surface area contributed by atoms with Crippen molar-refractivity contribution in [3.05, 3.63) is 66.6 Å². The maximum atomic E-state index is 14.5. The number of amides is 3. The number of para-hydroxylation sites is 1. The maximum Gasteiger partial charge on any atom is 0.305 e. The third kappa shape index (κ3) is 13.0. The Kier molecular flexibility index (Phi) is 16.6. The molecular weight excluding hydrogens is 895 g/mol. The average Bonchev–Trinajstić information content (AvgIpc) is 3.54. The van der Waals surface area contributed by atoms with Gasteiger partial charge in [0.2, 0.25) is 11.8 Å². The molecule has 0 spiro atoms. The number of hydrogen-bond acceptors (Lipinski definition) is 14. The van der Waals surface area contributed by atoms with Crippen molar-refractivity contribution in [2.45, 2.75) is 127 Å². The quantitative estimate of drug-likeness (QED) is 0.0318. The van der Waals surface area contributed by atoms with Crippen molar-refractivity contribution < 1.29 is 41.8 Å². The Labute approximate surface area is 398 Å². The third-order valence-corrected chi connectivity index (χ3v) is 14.0. The molecule has 1 aliphatic heterocycles. The van der Waals surface area contributed by atoms with Crippen molar-refractivity contribution in [3.63, 3.8) is 0 Å². The summed E-state index contributed by atoms with van der Waals surface area (Å²) in [4.78, 5) is 65.1. The van der Waals surface area contributed by atoms with Crippen molar-refractivity contribution >= 4 is 66.8 Å². The second-order valence-corrected chi connectivity index (χ2v) is 21.3. The largest absolute Gasteiger partial charge is 0.497 e. The van der Waals surface area contributed by atoms with Crippen molar-refractivity contribution in [1.29, 1.82) is 0 Å². The molecule has 67 heavy (non-hydrogen) atoms. The molecule has 2 aromatic carbocycles. The lowest BCUT2D eigenvalue weighted by Crippen LogP contribution is -2.56. The highest BCUT2D eigenvalue weighted by atomic mass is 32.2. The summed E-state index contributed by atoms with van der Waals surface area (Å²) in [5.41, 5.74) is 0.143. The molecule has 362 valence electrons. The Hall–Kier alpha value is -5.75. The van der Waals surface area contributed by atoms with E-state index in [0.29, 0.717) is 52.4 Å². The van der Waals surface area contributed by atoms with Crippen molar-refractivity contribution in [3.8, 4) is 22.9 Å². The zero-order valence-electron chi connectivity index (χ0n) is 39.6. The minimum Gasteiger partial charge on any atom is -0.497 e. The van der Waals surface area contributed by atoms with Gasteiger partial charge in [-0.3, -0.25) is 19.2 Å². The number of aromatic nitrogens is 2. The standard InChI is InChI=1S/C49H65N7O9S2/c1-9-32-27-49(32,46(60)55-67(61,62)42-19-16-15-18-36(42)50-23-17-13-11-10-12-14-20-44(58)64-8)54-45(59)40-25-34(29-56(40)43(57)28-48(4,5)6)65-41-26-38(39-30-66-47(53-39)51-31(2)3)52-37-24-33(63-7)21-22-35(37)41/h9,15-16,18-19,21-22,24,26,30-32,34,40,50H,1,10-14,17,20,23,25,27-29H2,2-8H3,(H,51,53)(H,54,59)(H,55,60)/t32-,34-,40+,49-/m1/s1. The van der Waals surface area contributed by atoms with E-state index >= 15 is 0 Å². The molecule has 16 nitrogen and oxygen atoms in total. The van der Waals surface area contributed by atoms with Gasteiger partial charge in [-0.2, -0.15) is 0 Å². The van der Waals surface area contributed by atoms with Crippen LogP contribution in [0.5, 0.6) is 11.5 Å². The molecule has 3 amide bonds. The minimum atomic E-state index is -4.42. The summed E-state index contributed by atoms with van der Waals surface area (Å²) in [5.74, 6) is -1.44. The number of carbonyl (C=O) groups excluding carboxylic acids is 4. The SMILES string of the molecule is C=C[C@@H]1C[C@]1(NC(=O)[C@@H]1C[C@@H](Oc2cc(-c3csc(NC(C)C)n3)nc3cc(OC)ccc23)CN1C(=O)CC(C)(C)C)C(=O)NS(=O)(=O)c1ccccc1NCCCCCCCCC(=O)OC. The van der Waals surface area contributed by atoms with Gasteiger partial charge in [0.05, 0.1) is 37.7 Å². The first-order valence-electron chi connectivity index (χ1n) is 22.9. The molecule has 0 unspecified atom stereocenters. The Morgan fingerprint density at radius 3 is 2.40 bits per heavy atom. The molecule has 6 rings (SSSR count). The van der Waals surface area contributed by atoms with E-state index in [4.69, 9.17) is 19.4 Å². The maximum absolute atomic E-state index is 14.5. The van der Waals surface area contributed by atoms with Gasteiger partial charge < -0.3 is 35.1 Å². The van der Waals surface area contributed by atoms with Crippen LogP contribution in [0.3, 0.4) is 0 Å². The molecule has 1 saturated carbocycles. The van der Waals surface area contributed by atoms with Crippen LogP contribution in [-0.4, -0.2) is 98.0 Å². The molecule has 1 aliphatic carbocycles. The van der Waals surface area contributed by atoms with Gasteiger partial charge in [-0.15, -0.1) is 17.9 Å². The smallest absolute Gasteiger partial charge is 0.305 e. The predicted octanol–water partition coefficient (Wildman–Crippen LogP) is 7.85. The number of sulfonamides is 1. The van der Waals surface area contributed by atoms with Gasteiger partial charge in [0, 0.05) is 60.7 Å². The van der Waals surface area contributed by atoms with Crippen LogP contribution in [0.2, 0.25) is 0 Å². The fraction of sp³-hybridized carbons (Fsp3) is 0.510. The predicted molar refractivity (Wildman–Crippen MR) is 261 cm³/mol. The number of pyridine rings is 1. The summed E-state index contributed by atoms with van der Waals surface area (Å²) in [6.07, 6.45) is 7.01. The van der Waals surface area contributed by atoms with E-state index in [1.165, 1.54) is 35.5 Å². The monoisotopic (exact) mass is 959 g/mol. The molecule has 0 radical (unpaired) electrons. The van der Waals surface area contributed by atoms with Crippen LogP contribution in [0.15, 0.2) is 71.5 Å². The number of esters is 1. The second-order valence-electron chi connectivity index (χ2n) is 18.8. The van der Waals surface area contributed by atoms with E-state index in [1.54, 1.807) is 25.3 Å². The lowest BCUT2D eigenvalue weighted by molar-refractivity contribution is -0.141. The zero-order chi connectivity index (χ0) is 48.5. The number of unbranched alkanes of at least 4 members (excludes halogenated alkanes) is 5.